The number of aromatic nitrogens is 2. The standard InChI is InChI=1S/C20H18N4O5/c25-19(18-14-11-13(24(26)27)5-6-15(14)22-23-18)21-12-4-7-16-17(10-12)29-20(28-16)8-2-1-3-9-20/h4-7,10-11H,1-3,8-9H2,(H,21,25)(H,22,23). The molecule has 1 saturated carbocycles. The van der Waals surface area contributed by atoms with Crippen molar-refractivity contribution in [1.29, 1.82) is 0 Å². The summed E-state index contributed by atoms with van der Waals surface area (Å²) in [6.45, 7) is 0. The van der Waals surface area contributed by atoms with Crippen LogP contribution in [0.25, 0.3) is 10.9 Å². The molecule has 2 aromatic carbocycles. The molecule has 1 aliphatic carbocycles. The van der Waals surface area contributed by atoms with Gasteiger partial charge in [0.2, 0.25) is 0 Å². The number of carbonyl (C=O) groups excluding carboxylic acids is 1. The Balaban J connectivity index is 1.39. The Labute approximate surface area is 165 Å². The molecule has 0 unspecified atom stereocenters. The number of hydrogen-bond acceptors (Lipinski definition) is 6. The highest BCUT2D eigenvalue weighted by Gasteiger charge is 2.42. The van der Waals surface area contributed by atoms with E-state index < -0.39 is 16.6 Å². The topological polar surface area (TPSA) is 119 Å². The number of H-pyrrole nitrogens is 1. The zero-order valence-electron chi connectivity index (χ0n) is 15.4. The first-order valence-electron chi connectivity index (χ1n) is 9.49. The number of carbonyl (C=O) groups is 1. The molecule has 1 aromatic heterocycles. The Morgan fingerprint density at radius 1 is 1.10 bits per heavy atom. The summed E-state index contributed by atoms with van der Waals surface area (Å²) in [5.74, 6) is 0.224. The zero-order valence-corrected chi connectivity index (χ0v) is 15.4. The van der Waals surface area contributed by atoms with E-state index >= 15 is 0 Å². The maximum atomic E-state index is 12.7. The lowest BCUT2D eigenvalue weighted by Crippen LogP contribution is -2.40. The van der Waals surface area contributed by atoms with Crippen molar-refractivity contribution in [2.75, 3.05) is 5.32 Å². The van der Waals surface area contributed by atoms with E-state index in [1.165, 1.54) is 24.6 Å². The maximum Gasteiger partial charge on any atom is 0.276 e. The maximum absolute atomic E-state index is 12.7. The molecule has 148 valence electrons. The third kappa shape index (κ3) is 3.04. The predicted molar refractivity (Wildman–Crippen MR) is 104 cm³/mol. The number of benzene rings is 2. The minimum atomic E-state index is -0.583. The fourth-order valence-corrected chi connectivity index (χ4v) is 3.95. The number of amides is 1. The summed E-state index contributed by atoms with van der Waals surface area (Å²) < 4.78 is 12.1. The lowest BCUT2D eigenvalue weighted by Gasteiger charge is -2.31. The summed E-state index contributed by atoms with van der Waals surface area (Å²) in [5, 5.41) is 20.9. The Morgan fingerprint density at radius 2 is 1.90 bits per heavy atom. The van der Waals surface area contributed by atoms with Gasteiger partial charge in [-0.3, -0.25) is 20.0 Å². The molecule has 2 N–H and O–H groups in total. The van der Waals surface area contributed by atoms with Crippen LogP contribution < -0.4 is 14.8 Å². The molecule has 29 heavy (non-hydrogen) atoms. The van der Waals surface area contributed by atoms with Gasteiger partial charge in [-0.05, 0) is 31.0 Å². The molecular formula is C20H18N4O5. The van der Waals surface area contributed by atoms with E-state index in [1.807, 2.05) is 0 Å². The van der Waals surface area contributed by atoms with Crippen LogP contribution in [0, 0.1) is 10.1 Å². The molecular weight excluding hydrogens is 376 g/mol. The van der Waals surface area contributed by atoms with Crippen LogP contribution in [-0.2, 0) is 0 Å². The van der Waals surface area contributed by atoms with E-state index in [0.717, 1.165) is 25.7 Å². The Hall–Kier alpha value is -3.62. The van der Waals surface area contributed by atoms with Crippen LogP contribution in [0.5, 0.6) is 11.5 Å². The fourth-order valence-electron chi connectivity index (χ4n) is 3.95. The lowest BCUT2D eigenvalue weighted by molar-refractivity contribution is -0.384. The quantitative estimate of drug-likeness (QED) is 0.509. The number of aromatic amines is 1. The van der Waals surface area contributed by atoms with Crippen molar-refractivity contribution in [2.45, 2.75) is 37.9 Å². The van der Waals surface area contributed by atoms with Crippen molar-refractivity contribution in [3.63, 3.8) is 0 Å². The van der Waals surface area contributed by atoms with Crippen LogP contribution in [0.4, 0.5) is 11.4 Å². The second kappa shape index (κ2) is 6.47. The van der Waals surface area contributed by atoms with Gasteiger partial charge in [-0.2, -0.15) is 5.10 Å². The number of nitrogens with one attached hydrogen (secondary N) is 2. The Morgan fingerprint density at radius 3 is 2.69 bits per heavy atom. The molecule has 3 aromatic rings. The van der Waals surface area contributed by atoms with Crippen LogP contribution in [0.1, 0.15) is 42.6 Å². The molecule has 1 spiro atoms. The van der Waals surface area contributed by atoms with Crippen LogP contribution in [-0.4, -0.2) is 26.8 Å². The first-order chi connectivity index (χ1) is 14.0. The lowest BCUT2D eigenvalue weighted by atomic mass is 9.94. The normalized spacial score (nSPS) is 16.8. The number of nitro groups is 1. The van der Waals surface area contributed by atoms with Gasteiger partial charge in [0.15, 0.2) is 17.2 Å². The molecule has 9 heteroatoms. The molecule has 1 amide bonds. The summed E-state index contributed by atoms with van der Waals surface area (Å²) in [4.78, 5) is 23.2. The van der Waals surface area contributed by atoms with Gasteiger partial charge < -0.3 is 14.8 Å². The van der Waals surface area contributed by atoms with Gasteiger partial charge in [-0.25, -0.2) is 0 Å². The van der Waals surface area contributed by atoms with Crippen LogP contribution in [0.15, 0.2) is 36.4 Å². The molecule has 1 fully saturated rings. The molecule has 0 bridgehead atoms. The first-order valence-corrected chi connectivity index (χ1v) is 9.49. The molecule has 0 radical (unpaired) electrons. The van der Waals surface area contributed by atoms with Gasteiger partial charge in [-0.1, -0.05) is 6.42 Å². The van der Waals surface area contributed by atoms with Crippen molar-refractivity contribution in [3.05, 3.63) is 52.2 Å². The second-order valence-electron chi connectivity index (χ2n) is 7.35. The summed E-state index contributed by atoms with van der Waals surface area (Å²) in [5.41, 5.74) is 1.07. The number of anilines is 1. The zero-order chi connectivity index (χ0) is 20.0. The van der Waals surface area contributed by atoms with Crippen molar-refractivity contribution < 1.29 is 19.2 Å². The number of rotatable bonds is 3. The van der Waals surface area contributed by atoms with E-state index in [-0.39, 0.29) is 11.4 Å². The van der Waals surface area contributed by atoms with Crippen molar-refractivity contribution >= 4 is 28.2 Å². The van der Waals surface area contributed by atoms with Gasteiger partial charge in [0.05, 0.1) is 10.4 Å². The van der Waals surface area contributed by atoms with E-state index in [0.29, 0.717) is 28.1 Å². The number of nitro benzene ring substituents is 1. The van der Waals surface area contributed by atoms with Gasteiger partial charge in [0, 0.05) is 42.1 Å². The molecule has 2 heterocycles. The highest BCUT2D eigenvalue weighted by molar-refractivity contribution is 6.11. The van der Waals surface area contributed by atoms with Gasteiger partial charge in [0.1, 0.15) is 0 Å². The predicted octanol–water partition coefficient (Wildman–Crippen LogP) is 4.16. The van der Waals surface area contributed by atoms with Crippen LogP contribution in [0.2, 0.25) is 0 Å². The summed E-state index contributed by atoms with van der Waals surface area (Å²) in [7, 11) is 0. The van der Waals surface area contributed by atoms with E-state index in [1.54, 1.807) is 18.2 Å². The second-order valence-corrected chi connectivity index (χ2v) is 7.35. The average Bonchev–Trinajstić information content (AvgIpc) is 3.28. The molecule has 9 nitrogen and oxygen atoms in total. The molecule has 0 saturated heterocycles. The van der Waals surface area contributed by atoms with Crippen LogP contribution >= 0.6 is 0 Å². The highest BCUT2D eigenvalue weighted by Crippen LogP contribution is 2.46. The largest absolute Gasteiger partial charge is 0.448 e. The Kier molecular flexibility index (Phi) is 3.90. The van der Waals surface area contributed by atoms with Crippen molar-refractivity contribution in [2.24, 2.45) is 0 Å². The smallest absolute Gasteiger partial charge is 0.276 e. The van der Waals surface area contributed by atoms with Crippen molar-refractivity contribution in [1.82, 2.24) is 10.2 Å². The van der Waals surface area contributed by atoms with E-state index in [4.69, 9.17) is 9.47 Å². The van der Waals surface area contributed by atoms with Gasteiger partial charge in [0.25, 0.3) is 17.4 Å². The Bertz CT molecular complexity index is 1130. The monoisotopic (exact) mass is 394 g/mol. The first kappa shape index (κ1) is 17.5. The fraction of sp³-hybridized carbons (Fsp3) is 0.300. The van der Waals surface area contributed by atoms with E-state index in [2.05, 4.69) is 15.5 Å². The molecule has 0 atom stereocenters. The van der Waals surface area contributed by atoms with Gasteiger partial charge in [-0.15, -0.1) is 0 Å². The average molecular weight is 394 g/mol. The number of hydrogen-bond donors (Lipinski definition) is 2. The third-order valence-corrected chi connectivity index (χ3v) is 5.38. The number of fused-ring (bicyclic) bond motifs is 2. The molecule has 1 aliphatic heterocycles. The minimum absolute atomic E-state index is 0.0881. The van der Waals surface area contributed by atoms with Gasteiger partial charge >= 0.3 is 0 Å². The van der Waals surface area contributed by atoms with Crippen LogP contribution in [0.3, 0.4) is 0 Å². The molecule has 2 aliphatic rings. The minimum Gasteiger partial charge on any atom is -0.448 e. The third-order valence-electron chi connectivity index (χ3n) is 5.38. The summed E-state index contributed by atoms with van der Waals surface area (Å²) in [6.07, 6.45) is 5.01. The summed E-state index contributed by atoms with van der Waals surface area (Å²) in [6, 6.07) is 9.47. The van der Waals surface area contributed by atoms with Crippen molar-refractivity contribution in [3.8, 4) is 11.5 Å². The SMILES string of the molecule is O=C(Nc1ccc2c(c1)OC1(CCCCC1)O2)c1n[nH]c2ccc([N+](=O)[O-])cc12. The number of ether oxygens (including phenoxy) is 2. The van der Waals surface area contributed by atoms with E-state index in [9.17, 15) is 14.9 Å². The number of non-ortho nitro benzene ring substituents is 1. The number of nitrogens with zero attached hydrogens (tertiary/aromatic N) is 2. The summed E-state index contributed by atoms with van der Waals surface area (Å²) >= 11 is 0. The highest BCUT2D eigenvalue weighted by atomic mass is 16.7. The molecule has 5 rings (SSSR count).